The minimum Gasteiger partial charge on any atom is -0.487 e. The lowest BCUT2D eigenvalue weighted by molar-refractivity contribution is 0.00699. The minimum atomic E-state index is -0.594. The van der Waals surface area contributed by atoms with Crippen molar-refractivity contribution in [3.63, 3.8) is 0 Å². The number of carbonyl (C=O) groups is 2. The molecule has 0 spiro atoms. The summed E-state index contributed by atoms with van der Waals surface area (Å²) in [5.41, 5.74) is 3.27. The first-order chi connectivity index (χ1) is 15.3. The van der Waals surface area contributed by atoms with Crippen LogP contribution in [0.1, 0.15) is 70.4 Å². The zero-order chi connectivity index (χ0) is 22.9. The molecule has 1 aliphatic carbocycles. The van der Waals surface area contributed by atoms with Crippen LogP contribution in [0.15, 0.2) is 0 Å². The Labute approximate surface area is 196 Å². The van der Waals surface area contributed by atoms with E-state index >= 15 is 0 Å². The molecular weight excluding hydrogens is 446 g/mol. The lowest BCUT2D eigenvalue weighted by atomic mass is 9.95. The highest BCUT2D eigenvalue weighted by Crippen LogP contribution is 2.39. The third kappa shape index (κ3) is 4.94. The molecule has 3 N–H and O–H groups in total. The minimum absolute atomic E-state index is 0.329. The van der Waals surface area contributed by atoms with Gasteiger partial charge in [-0.3, -0.25) is 5.32 Å². The maximum absolute atomic E-state index is 13.0. The average Bonchev–Trinajstić information content (AvgIpc) is 3.28. The van der Waals surface area contributed by atoms with Gasteiger partial charge in [-0.2, -0.15) is 0 Å². The van der Waals surface area contributed by atoms with Crippen LogP contribution in [0.3, 0.4) is 0 Å². The van der Waals surface area contributed by atoms with Crippen LogP contribution in [0.25, 0.3) is 0 Å². The fourth-order valence-corrected chi connectivity index (χ4v) is 6.65. The Hall–Kier alpha value is -2.10. The van der Waals surface area contributed by atoms with Gasteiger partial charge in [0.1, 0.15) is 10.6 Å². The van der Waals surface area contributed by atoms with Crippen molar-refractivity contribution in [2.75, 3.05) is 19.0 Å². The molecule has 174 valence electrons. The summed E-state index contributed by atoms with van der Waals surface area (Å²) in [5, 5.41) is 10.7. The number of nitrogens with one attached hydrogen (secondary N) is 3. The number of anilines is 1. The van der Waals surface area contributed by atoms with Crippen molar-refractivity contribution in [1.82, 2.24) is 10.6 Å². The van der Waals surface area contributed by atoms with Crippen LogP contribution in [0.4, 0.5) is 9.80 Å². The van der Waals surface area contributed by atoms with Gasteiger partial charge in [-0.1, -0.05) is 0 Å². The van der Waals surface area contributed by atoms with Crippen molar-refractivity contribution in [3.8, 4) is 5.06 Å². The molecule has 2 amide bonds. The summed E-state index contributed by atoms with van der Waals surface area (Å²) in [7, 11) is 1.66. The zero-order valence-corrected chi connectivity index (χ0v) is 20.7. The van der Waals surface area contributed by atoms with Gasteiger partial charge >= 0.3 is 12.0 Å². The Morgan fingerprint density at radius 1 is 1.06 bits per heavy atom. The van der Waals surface area contributed by atoms with Crippen molar-refractivity contribution < 1.29 is 19.1 Å². The fraction of sp³-hybridized carbons (Fsp3) is 0.565. The predicted molar refractivity (Wildman–Crippen MR) is 128 cm³/mol. The van der Waals surface area contributed by atoms with Gasteiger partial charge in [0.05, 0.1) is 12.7 Å². The van der Waals surface area contributed by atoms with Gasteiger partial charge in [0, 0.05) is 28.4 Å². The number of methoxy groups -OCH3 is 1. The molecule has 2 aliphatic rings. The SMILES string of the molecule is COc1sc2c(c1CNC(=O)Nc1sc3c(c1C(=O)OC(C)(C)C)CCCC3)CCNC2. The molecule has 0 saturated heterocycles. The largest absolute Gasteiger partial charge is 0.487 e. The lowest BCUT2D eigenvalue weighted by Gasteiger charge is -2.21. The molecule has 0 fully saturated rings. The summed E-state index contributed by atoms with van der Waals surface area (Å²) in [4.78, 5) is 28.2. The first-order valence-electron chi connectivity index (χ1n) is 11.1. The Kier molecular flexibility index (Phi) is 6.78. The number of carbonyl (C=O) groups excluding carboxylic acids is 2. The van der Waals surface area contributed by atoms with Crippen molar-refractivity contribution in [2.24, 2.45) is 0 Å². The number of aryl methyl sites for hydroxylation is 1. The second kappa shape index (κ2) is 9.41. The Morgan fingerprint density at radius 3 is 2.59 bits per heavy atom. The highest BCUT2D eigenvalue weighted by atomic mass is 32.1. The highest BCUT2D eigenvalue weighted by molar-refractivity contribution is 7.17. The first-order valence-corrected chi connectivity index (χ1v) is 12.7. The smallest absolute Gasteiger partial charge is 0.341 e. The van der Waals surface area contributed by atoms with Crippen LogP contribution in [0, 0.1) is 0 Å². The van der Waals surface area contributed by atoms with Gasteiger partial charge in [0.15, 0.2) is 5.06 Å². The summed E-state index contributed by atoms with van der Waals surface area (Å²) >= 11 is 3.13. The summed E-state index contributed by atoms with van der Waals surface area (Å²) in [6, 6.07) is -0.329. The fourth-order valence-electron chi connectivity index (χ4n) is 4.23. The Morgan fingerprint density at radius 2 is 1.84 bits per heavy atom. The number of fused-ring (bicyclic) bond motifs is 2. The summed E-state index contributed by atoms with van der Waals surface area (Å²) < 4.78 is 11.2. The van der Waals surface area contributed by atoms with Gasteiger partial charge in [-0.25, -0.2) is 9.59 Å². The molecule has 0 unspecified atom stereocenters. The monoisotopic (exact) mass is 477 g/mol. The molecule has 1 aliphatic heterocycles. The molecule has 0 bridgehead atoms. The number of hydrogen-bond acceptors (Lipinski definition) is 7. The first kappa shape index (κ1) is 23.1. The molecule has 7 nitrogen and oxygen atoms in total. The normalized spacial score (nSPS) is 15.5. The summed E-state index contributed by atoms with van der Waals surface area (Å²) in [6.07, 6.45) is 4.85. The van der Waals surface area contributed by atoms with Gasteiger partial charge in [-0.15, -0.1) is 22.7 Å². The Bertz CT molecular complexity index is 1020. The second-order valence-corrected chi connectivity index (χ2v) is 11.3. The van der Waals surface area contributed by atoms with Crippen LogP contribution in [0.2, 0.25) is 0 Å². The molecule has 4 rings (SSSR count). The van der Waals surface area contributed by atoms with E-state index in [2.05, 4.69) is 16.0 Å². The van der Waals surface area contributed by atoms with E-state index in [9.17, 15) is 9.59 Å². The summed E-state index contributed by atoms with van der Waals surface area (Å²) in [6.45, 7) is 7.71. The average molecular weight is 478 g/mol. The number of esters is 1. The number of urea groups is 1. The number of amides is 2. The van der Waals surface area contributed by atoms with Crippen LogP contribution in [0.5, 0.6) is 5.06 Å². The van der Waals surface area contributed by atoms with E-state index in [0.717, 1.165) is 61.4 Å². The second-order valence-electron chi connectivity index (χ2n) is 9.13. The van der Waals surface area contributed by atoms with E-state index < -0.39 is 5.60 Å². The molecular formula is C23H31N3O4S2. The van der Waals surface area contributed by atoms with E-state index in [1.807, 2.05) is 20.8 Å². The molecule has 0 atom stereocenters. The zero-order valence-electron chi connectivity index (χ0n) is 19.1. The van der Waals surface area contributed by atoms with Gasteiger partial charge in [0.25, 0.3) is 0 Å². The number of rotatable bonds is 5. The maximum Gasteiger partial charge on any atom is 0.341 e. The van der Waals surface area contributed by atoms with Gasteiger partial charge in [0.2, 0.25) is 0 Å². The number of hydrogen-bond donors (Lipinski definition) is 3. The number of ether oxygens (including phenoxy) is 2. The third-order valence-corrected chi connectivity index (χ3v) is 8.06. The maximum atomic E-state index is 13.0. The van der Waals surface area contributed by atoms with Crippen molar-refractivity contribution in [2.45, 2.75) is 71.6 Å². The summed E-state index contributed by atoms with van der Waals surface area (Å²) in [5.74, 6) is -0.367. The van der Waals surface area contributed by atoms with E-state index in [4.69, 9.17) is 9.47 Å². The van der Waals surface area contributed by atoms with Gasteiger partial charge < -0.3 is 20.1 Å². The van der Waals surface area contributed by atoms with Crippen molar-refractivity contribution in [3.05, 3.63) is 32.0 Å². The van der Waals surface area contributed by atoms with E-state index in [1.165, 1.54) is 26.7 Å². The molecule has 0 aromatic carbocycles. The molecule has 2 aromatic rings. The molecule has 0 saturated carbocycles. The molecule has 3 heterocycles. The van der Waals surface area contributed by atoms with Crippen LogP contribution >= 0.6 is 22.7 Å². The van der Waals surface area contributed by atoms with E-state index in [1.54, 1.807) is 18.4 Å². The van der Waals surface area contributed by atoms with Crippen LogP contribution in [-0.4, -0.2) is 31.3 Å². The molecule has 9 heteroatoms. The van der Waals surface area contributed by atoms with E-state index in [0.29, 0.717) is 17.1 Å². The van der Waals surface area contributed by atoms with Crippen molar-refractivity contribution >= 4 is 39.7 Å². The third-order valence-electron chi connectivity index (χ3n) is 5.61. The molecule has 2 aromatic heterocycles. The number of thiophene rings is 2. The lowest BCUT2D eigenvalue weighted by Crippen LogP contribution is -2.30. The quantitative estimate of drug-likeness (QED) is 0.547. The highest BCUT2D eigenvalue weighted by Gasteiger charge is 2.30. The predicted octanol–water partition coefficient (Wildman–Crippen LogP) is 4.62. The van der Waals surface area contributed by atoms with Crippen molar-refractivity contribution in [1.29, 1.82) is 0 Å². The standard InChI is InChI=1S/C23H31N3O4S2/c1-23(2,3)30-20(27)18-14-7-5-6-8-16(14)31-19(18)26-22(28)25-11-15-13-9-10-24-12-17(13)32-21(15)29-4/h24H,5-12H2,1-4H3,(H2,25,26,28). The van der Waals surface area contributed by atoms with Crippen LogP contribution < -0.4 is 20.7 Å². The van der Waals surface area contributed by atoms with E-state index in [-0.39, 0.29) is 12.0 Å². The molecule has 32 heavy (non-hydrogen) atoms. The molecule has 0 radical (unpaired) electrons. The van der Waals surface area contributed by atoms with Gasteiger partial charge in [-0.05, 0) is 70.5 Å². The Balaban J connectivity index is 1.51. The topological polar surface area (TPSA) is 88.7 Å². The van der Waals surface area contributed by atoms with Crippen LogP contribution in [-0.2, 0) is 37.1 Å².